The molecule has 0 aromatic carbocycles. The van der Waals surface area contributed by atoms with Gasteiger partial charge >= 0.3 is 0 Å². The number of methoxy groups -OCH3 is 1. The fourth-order valence-corrected chi connectivity index (χ4v) is 2.52. The van der Waals surface area contributed by atoms with Crippen LogP contribution in [0.4, 0.5) is 0 Å². The maximum Gasteiger partial charge on any atom is 0.213 e. The first kappa shape index (κ1) is 18.4. The first-order valence-electron chi connectivity index (χ1n) is 7.55. The van der Waals surface area contributed by atoms with Crippen LogP contribution in [0.2, 0.25) is 10.2 Å². The summed E-state index contributed by atoms with van der Waals surface area (Å²) in [4.78, 5) is 8.66. The van der Waals surface area contributed by atoms with Crippen molar-refractivity contribution < 1.29 is 4.74 Å². The number of pyridine rings is 1. The highest BCUT2D eigenvalue weighted by molar-refractivity contribution is 6.41. The summed E-state index contributed by atoms with van der Waals surface area (Å²) >= 11 is 12.1. The molecule has 0 fully saturated rings. The number of nitrogens with one attached hydrogen (secondary N) is 2. The standard InChI is InChI=1S/C16H21Cl2N5O/c1-4-19-16(21-9-11-5-6-20-14(7-11)24-3)22-10-12-8-13(17)15(18)23(12)2/h5-8H,4,9-10H2,1-3H3,(H2,19,21,22). The topological polar surface area (TPSA) is 63.5 Å². The van der Waals surface area contributed by atoms with Gasteiger partial charge < -0.3 is 19.9 Å². The van der Waals surface area contributed by atoms with Gasteiger partial charge in [-0.15, -0.1) is 0 Å². The second kappa shape index (κ2) is 8.80. The molecule has 0 aliphatic carbocycles. The van der Waals surface area contributed by atoms with Crippen molar-refractivity contribution in [2.75, 3.05) is 13.7 Å². The fourth-order valence-electron chi connectivity index (χ4n) is 2.11. The Hall–Kier alpha value is -1.92. The number of nitrogens with zero attached hydrogens (tertiary/aromatic N) is 3. The van der Waals surface area contributed by atoms with E-state index in [9.17, 15) is 0 Å². The highest BCUT2D eigenvalue weighted by atomic mass is 35.5. The number of ether oxygens (including phenoxy) is 1. The van der Waals surface area contributed by atoms with E-state index >= 15 is 0 Å². The molecule has 0 amide bonds. The molecular formula is C16H21Cl2N5O. The molecule has 2 aromatic rings. The summed E-state index contributed by atoms with van der Waals surface area (Å²) in [5.74, 6) is 1.29. The molecular weight excluding hydrogens is 349 g/mol. The molecule has 0 saturated heterocycles. The van der Waals surface area contributed by atoms with Crippen LogP contribution >= 0.6 is 23.2 Å². The average Bonchev–Trinajstić information content (AvgIpc) is 2.84. The molecule has 0 saturated carbocycles. The molecule has 0 aliphatic rings. The van der Waals surface area contributed by atoms with E-state index in [-0.39, 0.29) is 0 Å². The summed E-state index contributed by atoms with van der Waals surface area (Å²) in [6.07, 6.45) is 1.71. The van der Waals surface area contributed by atoms with Crippen LogP contribution in [0.3, 0.4) is 0 Å². The first-order chi connectivity index (χ1) is 11.5. The van der Waals surface area contributed by atoms with Crippen molar-refractivity contribution in [2.45, 2.75) is 20.0 Å². The Morgan fingerprint density at radius 1 is 1.33 bits per heavy atom. The fraction of sp³-hybridized carbons (Fsp3) is 0.375. The highest BCUT2D eigenvalue weighted by Gasteiger charge is 2.09. The number of aliphatic imine (C=N–C) groups is 1. The van der Waals surface area contributed by atoms with E-state index in [1.54, 1.807) is 13.3 Å². The van der Waals surface area contributed by atoms with Crippen LogP contribution in [0.5, 0.6) is 5.88 Å². The van der Waals surface area contributed by atoms with Crippen molar-refractivity contribution in [3.05, 3.63) is 45.8 Å². The van der Waals surface area contributed by atoms with E-state index in [0.717, 1.165) is 17.8 Å². The van der Waals surface area contributed by atoms with Gasteiger partial charge in [0.2, 0.25) is 5.88 Å². The van der Waals surface area contributed by atoms with E-state index < -0.39 is 0 Å². The van der Waals surface area contributed by atoms with E-state index in [1.807, 2.05) is 36.7 Å². The Morgan fingerprint density at radius 3 is 2.75 bits per heavy atom. The lowest BCUT2D eigenvalue weighted by atomic mass is 10.3. The number of rotatable bonds is 6. The number of guanidine groups is 1. The average molecular weight is 370 g/mol. The van der Waals surface area contributed by atoms with E-state index in [4.69, 9.17) is 27.9 Å². The normalized spacial score (nSPS) is 11.5. The van der Waals surface area contributed by atoms with Gasteiger partial charge in [-0.1, -0.05) is 23.2 Å². The lowest BCUT2D eigenvalue weighted by Gasteiger charge is -2.12. The molecule has 2 aromatic heterocycles. The van der Waals surface area contributed by atoms with Crippen LogP contribution < -0.4 is 15.4 Å². The molecule has 2 heterocycles. The van der Waals surface area contributed by atoms with Crippen molar-refractivity contribution >= 4 is 29.2 Å². The molecule has 0 aliphatic heterocycles. The van der Waals surface area contributed by atoms with Crippen LogP contribution in [-0.4, -0.2) is 29.2 Å². The summed E-state index contributed by atoms with van der Waals surface area (Å²) in [6, 6.07) is 5.62. The van der Waals surface area contributed by atoms with Crippen LogP contribution in [0.1, 0.15) is 18.2 Å². The lowest BCUT2D eigenvalue weighted by molar-refractivity contribution is 0.397. The molecule has 6 nitrogen and oxygen atoms in total. The van der Waals surface area contributed by atoms with E-state index in [0.29, 0.717) is 35.1 Å². The van der Waals surface area contributed by atoms with Crippen LogP contribution in [0.15, 0.2) is 29.4 Å². The first-order valence-corrected chi connectivity index (χ1v) is 8.31. The lowest BCUT2D eigenvalue weighted by Crippen LogP contribution is -2.37. The second-order valence-electron chi connectivity index (χ2n) is 5.09. The molecule has 24 heavy (non-hydrogen) atoms. The van der Waals surface area contributed by atoms with Crippen LogP contribution in [0, 0.1) is 0 Å². The summed E-state index contributed by atoms with van der Waals surface area (Å²) in [5.41, 5.74) is 1.99. The Labute approximate surface area is 151 Å². The molecule has 0 bridgehead atoms. The quantitative estimate of drug-likeness (QED) is 0.606. The predicted molar refractivity (Wildman–Crippen MR) is 97.9 cm³/mol. The van der Waals surface area contributed by atoms with Gasteiger partial charge in [-0.25, -0.2) is 9.98 Å². The molecule has 2 rings (SSSR count). The smallest absolute Gasteiger partial charge is 0.213 e. The Bertz CT molecular complexity index is 714. The van der Waals surface area contributed by atoms with Crippen molar-refractivity contribution in [1.29, 1.82) is 0 Å². The van der Waals surface area contributed by atoms with Crippen molar-refractivity contribution in [3.8, 4) is 5.88 Å². The molecule has 0 spiro atoms. The summed E-state index contributed by atoms with van der Waals surface area (Å²) in [5, 5.41) is 7.55. The minimum absolute atomic E-state index is 0.517. The largest absolute Gasteiger partial charge is 0.481 e. The molecule has 8 heteroatoms. The zero-order valence-electron chi connectivity index (χ0n) is 13.9. The van der Waals surface area contributed by atoms with Gasteiger partial charge in [0, 0.05) is 31.5 Å². The third-order valence-corrected chi connectivity index (χ3v) is 4.27. The molecule has 0 unspecified atom stereocenters. The number of aromatic nitrogens is 2. The van der Waals surface area contributed by atoms with Gasteiger partial charge in [-0.2, -0.15) is 0 Å². The Morgan fingerprint density at radius 2 is 2.12 bits per heavy atom. The highest BCUT2D eigenvalue weighted by Crippen LogP contribution is 2.24. The predicted octanol–water partition coefficient (Wildman–Crippen LogP) is 2.99. The Kier molecular flexibility index (Phi) is 6.75. The van der Waals surface area contributed by atoms with Gasteiger partial charge in [-0.05, 0) is 24.6 Å². The van der Waals surface area contributed by atoms with Crippen molar-refractivity contribution in [3.63, 3.8) is 0 Å². The number of hydrogen-bond acceptors (Lipinski definition) is 3. The number of hydrogen-bond donors (Lipinski definition) is 2. The zero-order valence-corrected chi connectivity index (χ0v) is 15.4. The third-order valence-electron chi connectivity index (χ3n) is 3.43. The van der Waals surface area contributed by atoms with Gasteiger partial charge in [0.05, 0.1) is 25.2 Å². The minimum atomic E-state index is 0.517. The molecule has 2 N–H and O–H groups in total. The maximum atomic E-state index is 6.08. The molecule has 0 atom stereocenters. The monoisotopic (exact) mass is 369 g/mol. The van der Waals surface area contributed by atoms with E-state index in [1.165, 1.54) is 0 Å². The van der Waals surface area contributed by atoms with E-state index in [2.05, 4.69) is 20.6 Å². The van der Waals surface area contributed by atoms with Crippen LogP contribution in [-0.2, 0) is 20.1 Å². The van der Waals surface area contributed by atoms with Crippen molar-refractivity contribution in [1.82, 2.24) is 20.2 Å². The van der Waals surface area contributed by atoms with Crippen LogP contribution in [0.25, 0.3) is 0 Å². The Balaban J connectivity index is 2.03. The second-order valence-corrected chi connectivity index (χ2v) is 5.85. The van der Waals surface area contributed by atoms with Crippen molar-refractivity contribution in [2.24, 2.45) is 12.0 Å². The summed E-state index contributed by atoms with van der Waals surface area (Å²) in [7, 11) is 3.47. The zero-order chi connectivity index (χ0) is 17.5. The summed E-state index contributed by atoms with van der Waals surface area (Å²) < 4.78 is 6.96. The summed E-state index contributed by atoms with van der Waals surface area (Å²) in [6.45, 7) is 3.86. The molecule has 0 radical (unpaired) electrons. The van der Waals surface area contributed by atoms with Gasteiger partial charge in [0.25, 0.3) is 0 Å². The van der Waals surface area contributed by atoms with Gasteiger partial charge in [0.15, 0.2) is 5.96 Å². The SMILES string of the molecule is CCNC(=NCc1ccnc(OC)c1)NCc1cc(Cl)c(Cl)n1C. The van der Waals surface area contributed by atoms with Gasteiger partial charge in [-0.3, -0.25) is 0 Å². The number of halogens is 2. The minimum Gasteiger partial charge on any atom is -0.481 e. The van der Waals surface area contributed by atoms with Gasteiger partial charge in [0.1, 0.15) is 5.15 Å². The maximum absolute atomic E-state index is 6.08. The third kappa shape index (κ3) is 4.79. The molecule has 130 valence electrons.